The second-order valence-corrected chi connectivity index (χ2v) is 6.44. The van der Waals surface area contributed by atoms with E-state index in [1.54, 1.807) is 11.3 Å². The van der Waals surface area contributed by atoms with Gasteiger partial charge in [0.05, 0.1) is 4.34 Å². The van der Waals surface area contributed by atoms with E-state index in [0.29, 0.717) is 24.4 Å². The van der Waals surface area contributed by atoms with Gasteiger partial charge in [-0.1, -0.05) is 25.4 Å². The minimum Gasteiger partial charge on any atom is -0.330 e. The average molecular weight is 261 g/mol. The Morgan fingerprint density at radius 3 is 2.31 bits per heavy atom. The van der Waals surface area contributed by atoms with E-state index in [4.69, 9.17) is 17.3 Å². The number of halogens is 1. The second-order valence-electron chi connectivity index (χ2n) is 4.69. The molecule has 0 aliphatic heterocycles. The molecule has 2 N–H and O–H groups in total. The summed E-state index contributed by atoms with van der Waals surface area (Å²) in [6.07, 6.45) is 0. The summed E-state index contributed by atoms with van der Waals surface area (Å²) >= 11 is 7.66. The van der Waals surface area contributed by atoms with E-state index in [-0.39, 0.29) is 0 Å². The van der Waals surface area contributed by atoms with Crippen molar-refractivity contribution in [3.05, 3.63) is 21.3 Å². The van der Waals surface area contributed by atoms with Crippen molar-refractivity contribution in [1.29, 1.82) is 0 Å². The quantitative estimate of drug-likeness (QED) is 0.881. The summed E-state index contributed by atoms with van der Waals surface area (Å²) in [5.41, 5.74) is 5.90. The van der Waals surface area contributed by atoms with Crippen molar-refractivity contribution in [2.24, 2.45) is 17.6 Å². The third-order valence-corrected chi connectivity index (χ3v) is 4.28. The molecule has 0 aliphatic carbocycles. The van der Waals surface area contributed by atoms with E-state index in [1.807, 2.05) is 6.07 Å². The van der Waals surface area contributed by atoms with Crippen LogP contribution >= 0.6 is 22.9 Å². The zero-order chi connectivity index (χ0) is 12.3. The lowest BCUT2D eigenvalue weighted by Crippen LogP contribution is -2.34. The largest absolute Gasteiger partial charge is 0.330 e. The molecule has 2 nitrogen and oxygen atoms in total. The average Bonchev–Trinajstić information content (AvgIpc) is 2.59. The van der Waals surface area contributed by atoms with E-state index in [1.165, 1.54) is 4.88 Å². The Kier molecular flexibility index (Phi) is 5.25. The van der Waals surface area contributed by atoms with Gasteiger partial charge >= 0.3 is 0 Å². The van der Waals surface area contributed by atoms with Crippen LogP contribution in [-0.4, -0.2) is 25.5 Å². The highest BCUT2D eigenvalue weighted by molar-refractivity contribution is 7.16. The fourth-order valence-electron chi connectivity index (χ4n) is 2.10. The summed E-state index contributed by atoms with van der Waals surface area (Å²) in [4.78, 5) is 3.54. The maximum Gasteiger partial charge on any atom is 0.0931 e. The molecule has 0 saturated heterocycles. The molecule has 0 radical (unpaired) electrons. The minimum atomic E-state index is 0.363. The first-order valence-corrected chi connectivity index (χ1v) is 6.78. The molecule has 16 heavy (non-hydrogen) atoms. The molecular formula is C12H21ClN2S. The number of nitrogens with two attached hydrogens (primary N) is 1. The summed E-state index contributed by atoms with van der Waals surface area (Å²) in [5, 5.41) is 0. The first-order valence-electron chi connectivity index (χ1n) is 5.59. The Morgan fingerprint density at radius 1 is 1.38 bits per heavy atom. The molecule has 92 valence electrons. The van der Waals surface area contributed by atoms with Crippen molar-refractivity contribution in [3.8, 4) is 0 Å². The third-order valence-electron chi connectivity index (χ3n) is 2.98. The molecule has 0 saturated carbocycles. The van der Waals surface area contributed by atoms with E-state index in [0.717, 1.165) is 4.34 Å². The topological polar surface area (TPSA) is 29.3 Å². The van der Waals surface area contributed by atoms with Gasteiger partial charge in [0.1, 0.15) is 0 Å². The number of thiophene rings is 1. The van der Waals surface area contributed by atoms with Crippen molar-refractivity contribution in [2.45, 2.75) is 19.9 Å². The van der Waals surface area contributed by atoms with Gasteiger partial charge in [-0.25, -0.2) is 0 Å². The van der Waals surface area contributed by atoms with Gasteiger partial charge in [0.15, 0.2) is 0 Å². The SMILES string of the molecule is CC(C)C(CN)C(c1ccc(Cl)s1)N(C)C. The lowest BCUT2D eigenvalue weighted by molar-refractivity contribution is 0.179. The maximum absolute atomic E-state index is 6.01. The van der Waals surface area contributed by atoms with Gasteiger partial charge in [-0.15, -0.1) is 11.3 Å². The summed E-state index contributed by atoms with van der Waals surface area (Å²) < 4.78 is 0.848. The summed E-state index contributed by atoms with van der Waals surface area (Å²) in [5.74, 6) is 1.03. The molecule has 4 heteroatoms. The summed E-state index contributed by atoms with van der Waals surface area (Å²) in [6, 6.07) is 4.44. The lowest BCUT2D eigenvalue weighted by atomic mass is 9.87. The highest BCUT2D eigenvalue weighted by atomic mass is 35.5. The van der Waals surface area contributed by atoms with Crippen LogP contribution in [0.15, 0.2) is 12.1 Å². The Balaban J connectivity index is 2.98. The van der Waals surface area contributed by atoms with Crippen LogP contribution in [0.2, 0.25) is 4.34 Å². The van der Waals surface area contributed by atoms with E-state index in [9.17, 15) is 0 Å². The van der Waals surface area contributed by atoms with Crippen molar-refractivity contribution in [2.75, 3.05) is 20.6 Å². The second kappa shape index (κ2) is 6.01. The van der Waals surface area contributed by atoms with Crippen LogP contribution in [-0.2, 0) is 0 Å². The fourth-order valence-corrected chi connectivity index (χ4v) is 3.44. The van der Waals surface area contributed by atoms with Crippen LogP contribution in [0, 0.1) is 11.8 Å². The molecule has 1 heterocycles. The van der Waals surface area contributed by atoms with Crippen LogP contribution in [0.25, 0.3) is 0 Å². The molecule has 1 aromatic rings. The third kappa shape index (κ3) is 3.20. The predicted octanol–water partition coefficient (Wildman–Crippen LogP) is 3.24. The Hall–Kier alpha value is -0.0900. The van der Waals surface area contributed by atoms with Gasteiger partial charge < -0.3 is 10.6 Å². The zero-order valence-electron chi connectivity index (χ0n) is 10.4. The first-order chi connectivity index (χ1) is 7.47. The van der Waals surface area contributed by atoms with Crippen molar-refractivity contribution in [1.82, 2.24) is 4.90 Å². The summed E-state index contributed by atoms with van der Waals surface area (Å²) in [6.45, 7) is 5.16. The van der Waals surface area contributed by atoms with Gasteiger partial charge in [0.25, 0.3) is 0 Å². The predicted molar refractivity (Wildman–Crippen MR) is 73.1 cm³/mol. The number of nitrogens with zero attached hydrogens (tertiary/aromatic N) is 1. The molecule has 1 aromatic heterocycles. The molecule has 0 aromatic carbocycles. The number of hydrogen-bond donors (Lipinski definition) is 1. The molecule has 1 rings (SSSR count). The highest BCUT2D eigenvalue weighted by Gasteiger charge is 2.27. The van der Waals surface area contributed by atoms with Gasteiger partial charge in [0, 0.05) is 10.9 Å². The minimum absolute atomic E-state index is 0.363. The van der Waals surface area contributed by atoms with E-state index < -0.39 is 0 Å². The maximum atomic E-state index is 6.01. The summed E-state index contributed by atoms with van der Waals surface area (Å²) in [7, 11) is 4.20. The molecule has 0 fully saturated rings. The Morgan fingerprint density at radius 2 is 2.00 bits per heavy atom. The van der Waals surface area contributed by atoms with Crippen LogP contribution in [0.4, 0.5) is 0 Å². The van der Waals surface area contributed by atoms with Crippen molar-refractivity contribution in [3.63, 3.8) is 0 Å². The Labute approximate surface area is 107 Å². The van der Waals surface area contributed by atoms with E-state index in [2.05, 4.69) is 38.9 Å². The van der Waals surface area contributed by atoms with Crippen LogP contribution in [0.1, 0.15) is 24.8 Å². The molecular weight excluding hydrogens is 240 g/mol. The van der Waals surface area contributed by atoms with Crippen molar-refractivity contribution < 1.29 is 0 Å². The molecule has 0 amide bonds. The van der Waals surface area contributed by atoms with Gasteiger partial charge in [-0.3, -0.25) is 0 Å². The van der Waals surface area contributed by atoms with Crippen LogP contribution < -0.4 is 5.73 Å². The zero-order valence-corrected chi connectivity index (χ0v) is 12.0. The lowest BCUT2D eigenvalue weighted by Gasteiger charge is -2.33. The standard InChI is InChI=1S/C12H21ClN2S/c1-8(2)9(7-14)12(15(3)4)10-5-6-11(13)16-10/h5-6,8-9,12H,7,14H2,1-4H3. The van der Waals surface area contributed by atoms with Crippen LogP contribution in [0.3, 0.4) is 0 Å². The first kappa shape index (κ1) is 14.0. The fraction of sp³-hybridized carbons (Fsp3) is 0.667. The molecule has 2 atom stereocenters. The highest BCUT2D eigenvalue weighted by Crippen LogP contribution is 2.36. The number of hydrogen-bond acceptors (Lipinski definition) is 3. The molecule has 2 unspecified atom stereocenters. The molecule has 0 spiro atoms. The smallest absolute Gasteiger partial charge is 0.0931 e. The monoisotopic (exact) mass is 260 g/mol. The van der Waals surface area contributed by atoms with E-state index >= 15 is 0 Å². The molecule has 0 bridgehead atoms. The Bertz CT molecular complexity index is 323. The van der Waals surface area contributed by atoms with Crippen molar-refractivity contribution >= 4 is 22.9 Å². The number of rotatable bonds is 5. The van der Waals surface area contributed by atoms with Gasteiger partial charge in [-0.05, 0) is 44.6 Å². The molecule has 0 aliphatic rings. The normalized spacial score (nSPS) is 15.8. The van der Waals surface area contributed by atoms with Crippen LogP contribution in [0.5, 0.6) is 0 Å². The van der Waals surface area contributed by atoms with Gasteiger partial charge in [0.2, 0.25) is 0 Å². The van der Waals surface area contributed by atoms with Gasteiger partial charge in [-0.2, -0.15) is 0 Å².